The van der Waals surface area contributed by atoms with E-state index in [2.05, 4.69) is 38.9 Å². The van der Waals surface area contributed by atoms with Crippen LogP contribution in [0.2, 0.25) is 0 Å². The summed E-state index contributed by atoms with van der Waals surface area (Å²) >= 11 is 1.79. The molecule has 0 aliphatic carbocycles. The van der Waals surface area contributed by atoms with Crippen molar-refractivity contribution in [2.24, 2.45) is 4.99 Å². The van der Waals surface area contributed by atoms with Crippen molar-refractivity contribution in [1.82, 2.24) is 9.97 Å². The molecule has 1 aliphatic rings. The molecular formula is C20H28N4O3S. The number of morpholine rings is 1. The largest absolute Gasteiger partial charge is 0.474 e. The molecule has 1 N–H and O–H groups in total. The molecule has 0 saturated carbocycles. The molecule has 7 nitrogen and oxygen atoms in total. The Bertz CT molecular complexity index is 795. The minimum absolute atomic E-state index is 0.151. The van der Waals surface area contributed by atoms with Gasteiger partial charge < -0.3 is 19.5 Å². The van der Waals surface area contributed by atoms with E-state index in [4.69, 9.17) is 9.47 Å². The van der Waals surface area contributed by atoms with Crippen LogP contribution in [0.3, 0.4) is 0 Å². The minimum Gasteiger partial charge on any atom is -0.474 e. The van der Waals surface area contributed by atoms with Gasteiger partial charge in [0, 0.05) is 35.1 Å². The van der Waals surface area contributed by atoms with E-state index in [9.17, 15) is 5.11 Å². The van der Waals surface area contributed by atoms with E-state index in [0.29, 0.717) is 37.3 Å². The molecule has 3 heterocycles. The number of hydrogen-bond donors (Lipinski definition) is 1. The Labute approximate surface area is 170 Å². The highest BCUT2D eigenvalue weighted by atomic mass is 32.1. The number of anilines is 1. The van der Waals surface area contributed by atoms with Crippen LogP contribution >= 0.6 is 11.3 Å². The Morgan fingerprint density at radius 3 is 2.71 bits per heavy atom. The summed E-state index contributed by atoms with van der Waals surface area (Å²) in [7, 11) is 0. The second-order valence-corrected chi connectivity index (χ2v) is 8.58. The molecule has 0 amide bonds. The number of aryl methyl sites for hydroxylation is 1. The molecule has 0 spiro atoms. The molecule has 0 radical (unpaired) electrons. The first-order valence-corrected chi connectivity index (χ1v) is 10.4. The highest BCUT2D eigenvalue weighted by molar-refractivity contribution is 7.11. The second-order valence-electron chi connectivity index (χ2n) is 7.32. The van der Waals surface area contributed by atoms with E-state index >= 15 is 0 Å². The zero-order chi connectivity index (χ0) is 20.0. The van der Waals surface area contributed by atoms with Gasteiger partial charge in [-0.25, -0.2) is 4.98 Å². The lowest BCUT2D eigenvalue weighted by Gasteiger charge is -2.27. The van der Waals surface area contributed by atoms with E-state index in [1.54, 1.807) is 37.5 Å². The van der Waals surface area contributed by atoms with Gasteiger partial charge in [-0.05, 0) is 32.4 Å². The maximum absolute atomic E-state index is 9.94. The molecule has 1 aliphatic heterocycles. The molecule has 1 saturated heterocycles. The van der Waals surface area contributed by atoms with Crippen molar-refractivity contribution >= 4 is 23.5 Å². The molecule has 152 valence electrons. The first kappa shape index (κ1) is 20.7. The zero-order valence-electron chi connectivity index (χ0n) is 16.7. The van der Waals surface area contributed by atoms with E-state index < -0.39 is 5.60 Å². The predicted molar refractivity (Wildman–Crippen MR) is 112 cm³/mol. The van der Waals surface area contributed by atoms with Crippen LogP contribution in [0.5, 0.6) is 5.88 Å². The van der Waals surface area contributed by atoms with Crippen molar-refractivity contribution in [2.45, 2.75) is 39.3 Å². The number of hydrogen-bond acceptors (Lipinski definition) is 8. The average Bonchev–Trinajstić information content (AvgIpc) is 3.14. The molecule has 0 aromatic carbocycles. The minimum atomic E-state index is -0.936. The van der Waals surface area contributed by atoms with E-state index in [1.807, 2.05) is 0 Å². The summed E-state index contributed by atoms with van der Waals surface area (Å²) in [5.41, 5.74) is -0.247. The van der Waals surface area contributed by atoms with Gasteiger partial charge in [-0.2, -0.15) is 4.98 Å². The van der Waals surface area contributed by atoms with E-state index in [0.717, 1.165) is 19.5 Å². The summed E-state index contributed by atoms with van der Waals surface area (Å²) in [5.74, 6) is 1.03. The summed E-state index contributed by atoms with van der Waals surface area (Å²) in [4.78, 5) is 18.3. The quantitative estimate of drug-likeness (QED) is 0.682. The van der Waals surface area contributed by atoms with Crippen molar-refractivity contribution < 1.29 is 14.6 Å². The molecule has 3 rings (SSSR count). The van der Waals surface area contributed by atoms with Crippen molar-refractivity contribution in [3.8, 4) is 5.88 Å². The third-order valence-electron chi connectivity index (χ3n) is 4.11. The third kappa shape index (κ3) is 6.25. The highest BCUT2D eigenvalue weighted by Gasteiger charge is 2.18. The van der Waals surface area contributed by atoms with Gasteiger partial charge in [0.2, 0.25) is 11.8 Å². The van der Waals surface area contributed by atoms with Crippen LogP contribution in [-0.2, 0) is 17.7 Å². The Morgan fingerprint density at radius 2 is 2.04 bits per heavy atom. The van der Waals surface area contributed by atoms with Crippen molar-refractivity contribution in [2.75, 3.05) is 37.8 Å². The van der Waals surface area contributed by atoms with Gasteiger partial charge in [0.25, 0.3) is 0 Å². The lowest BCUT2D eigenvalue weighted by Crippen LogP contribution is -2.37. The van der Waals surface area contributed by atoms with Crippen LogP contribution in [0.25, 0.3) is 0 Å². The third-order valence-corrected chi connectivity index (χ3v) is 5.33. The Hall–Kier alpha value is -2.03. The van der Waals surface area contributed by atoms with E-state index in [1.165, 1.54) is 9.75 Å². The molecule has 2 aromatic heterocycles. The monoisotopic (exact) mass is 404 g/mol. The van der Waals surface area contributed by atoms with E-state index in [-0.39, 0.29) is 6.61 Å². The van der Waals surface area contributed by atoms with Crippen LogP contribution in [-0.4, -0.2) is 59.8 Å². The summed E-state index contributed by atoms with van der Waals surface area (Å²) in [6.07, 6.45) is 2.80. The fourth-order valence-electron chi connectivity index (χ4n) is 2.65. The number of ether oxygens (including phenoxy) is 2. The molecule has 8 heteroatoms. The van der Waals surface area contributed by atoms with Gasteiger partial charge in [-0.3, -0.25) is 4.99 Å². The average molecular weight is 405 g/mol. The number of aromatic nitrogens is 2. The standard InChI is InChI=1S/C20H28N4O3S/c1-4-16-5-6-17(28-16)13-21-12-15-11-18(27-14-20(2,3)25)23-19(22-15)24-7-9-26-10-8-24/h5-6,11-12,25H,4,7-10,13-14H2,1-3H3. The van der Waals surface area contributed by atoms with Crippen LogP contribution in [0.4, 0.5) is 5.95 Å². The number of nitrogens with zero attached hydrogens (tertiary/aromatic N) is 4. The Balaban J connectivity index is 1.76. The summed E-state index contributed by atoms with van der Waals surface area (Å²) < 4.78 is 11.1. The van der Waals surface area contributed by atoms with Crippen molar-refractivity contribution in [3.63, 3.8) is 0 Å². The molecule has 0 atom stereocenters. The highest BCUT2D eigenvalue weighted by Crippen LogP contribution is 2.19. The molecule has 0 bridgehead atoms. The van der Waals surface area contributed by atoms with Crippen LogP contribution in [0.1, 0.15) is 36.2 Å². The second kappa shape index (κ2) is 9.45. The van der Waals surface area contributed by atoms with Crippen LogP contribution in [0, 0.1) is 0 Å². The normalized spacial score (nSPS) is 15.4. The topological polar surface area (TPSA) is 80.1 Å². The number of rotatable bonds is 8. The number of thiophene rings is 1. The SMILES string of the molecule is CCc1ccc(CN=Cc2cc(OCC(C)(C)O)nc(N3CCOCC3)n2)s1. The Morgan fingerprint density at radius 1 is 1.29 bits per heavy atom. The summed E-state index contributed by atoms with van der Waals surface area (Å²) in [6.45, 7) is 9.11. The van der Waals surface area contributed by atoms with Gasteiger partial charge >= 0.3 is 0 Å². The lowest BCUT2D eigenvalue weighted by atomic mass is 10.2. The lowest BCUT2D eigenvalue weighted by molar-refractivity contribution is 0.0268. The number of aliphatic hydroxyl groups is 1. The van der Waals surface area contributed by atoms with Gasteiger partial charge in [0.1, 0.15) is 6.61 Å². The predicted octanol–water partition coefficient (Wildman–Crippen LogP) is 2.71. The van der Waals surface area contributed by atoms with Crippen LogP contribution in [0.15, 0.2) is 23.2 Å². The fourth-order valence-corrected chi connectivity index (χ4v) is 3.54. The molecule has 1 fully saturated rings. The summed E-state index contributed by atoms with van der Waals surface area (Å²) in [6, 6.07) is 6.03. The van der Waals surface area contributed by atoms with Crippen molar-refractivity contribution in [1.29, 1.82) is 0 Å². The molecule has 2 aromatic rings. The van der Waals surface area contributed by atoms with Gasteiger partial charge in [0.05, 0.1) is 31.1 Å². The smallest absolute Gasteiger partial charge is 0.229 e. The first-order chi connectivity index (χ1) is 13.4. The molecule has 0 unspecified atom stereocenters. The van der Waals surface area contributed by atoms with Gasteiger partial charge in [-0.15, -0.1) is 11.3 Å². The maximum Gasteiger partial charge on any atom is 0.229 e. The maximum atomic E-state index is 9.94. The van der Waals surface area contributed by atoms with Gasteiger partial charge in [0.15, 0.2) is 0 Å². The van der Waals surface area contributed by atoms with Gasteiger partial charge in [-0.1, -0.05) is 6.92 Å². The summed E-state index contributed by atoms with van der Waals surface area (Å²) in [5, 5.41) is 9.94. The molecular weight excluding hydrogens is 376 g/mol. The Kier molecular flexibility index (Phi) is 6.98. The fraction of sp³-hybridized carbons (Fsp3) is 0.550. The molecule has 28 heavy (non-hydrogen) atoms. The number of aliphatic imine (C=N–C) groups is 1. The van der Waals surface area contributed by atoms with Crippen molar-refractivity contribution in [3.05, 3.63) is 33.6 Å². The zero-order valence-corrected chi connectivity index (χ0v) is 17.5. The van der Waals surface area contributed by atoms with Crippen LogP contribution < -0.4 is 9.64 Å². The first-order valence-electron chi connectivity index (χ1n) is 9.57.